The molecular formula is C12H23B2N. The third-order valence-corrected chi connectivity index (χ3v) is 5.70. The van der Waals surface area contributed by atoms with Crippen molar-refractivity contribution in [1.29, 1.82) is 0 Å². The summed E-state index contributed by atoms with van der Waals surface area (Å²) in [6.07, 6.45) is 7.75. The SMILES string of the molecule is BC(B)(NC)C1C2CC3CC(C2)CC1C3. The second-order valence-corrected chi connectivity index (χ2v) is 6.93. The van der Waals surface area contributed by atoms with E-state index in [0.717, 1.165) is 29.6 Å². The predicted molar refractivity (Wildman–Crippen MR) is 69.4 cm³/mol. The van der Waals surface area contributed by atoms with Crippen molar-refractivity contribution in [2.24, 2.45) is 29.6 Å². The molecule has 0 spiro atoms. The maximum Gasteiger partial charge on any atom is 0.117 e. The Hall–Kier alpha value is 0.0899. The Morgan fingerprint density at radius 2 is 1.40 bits per heavy atom. The van der Waals surface area contributed by atoms with Crippen LogP contribution in [-0.2, 0) is 0 Å². The monoisotopic (exact) mass is 203 g/mol. The number of hydrogen-bond donors (Lipinski definition) is 1. The molecule has 0 radical (unpaired) electrons. The molecule has 3 heteroatoms. The van der Waals surface area contributed by atoms with Gasteiger partial charge in [-0.3, -0.25) is 0 Å². The molecule has 0 heterocycles. The second-order valence-electron chi connectivity index (χ2n) is 6.93. The molecule has 0 unspecified atom stereocenters. The summed E-state index contributed by atoms with van der Waals surface area (Å²) in [5, 5.41) is 3.93. The molecule has 4 bridgehead atoms. The van der Waals surface area contributed by atoms with Gasteiger partial charge >= 0.3 is 0 Å². The molecule has 0 aromatic rings. The van der Waals surface area contributed by atoms with Crippen LogP contribution in [0, 0.1) is 29.6 Å². The standard InChI is InChI=1S/C12H23B2N/c1-15-12(13,14)11-9-3-7-2-8(5-9)6-10(11)4-7/h7-11,15H,2-6,13-14H2,1H3. The Morgan fingerprint density at radius 3 is 1.80 bits per heavy atom. The van der Waals surface area contributed by atoms with Crippen molar-refractivity contribution in [3.05, 3.63) is 0 Å². The molecule has 1 nitrogen and oxygen atoms in total. The fourth-order valence-corrected chi connectivity index (χ4v) is 5.27. The number of hydrogen-bond acceptors (Lipinski definition) is 1. The van der Waals surface area contributed by atoms with E-state index in [4.69, 9.17) is 0 Å². The quantitative estimate of drug-likeness (QED) is 0.632. The fourth-order valence-electron chi connectivity index (χ4n) is 5.27. The van der Waals surface area contributed by atoms with Crippen LogP contribution in [0.2, 0.25) is 0 Å². The third-order valence-electron chi connectivity index (χ3n) is 5.70. The van der Waals surface area contributed by atoms with Gasteiger partial charge in [0.05, 0.1) is 0 Å². The molecule has 0 aromatic heterocycles. The predicted octanol–water partition coefficient (Wildman–Crippen LogP) is 0.198. The van der Waals surface area contributed by atoms with E-state index in [1.807, 2.05) is 0 Å². The molecule has 15 heavy (non-hydrogen) atoms. The maximum absolute atomic E-state index is 3.57. The lowest BCUT2D eigenvalue weighted by Gasteiger charge is -2.59. The molecule has 82 valence electrons. The normalized spacial score (nSPS) is 48.5. The molecule has 0 aliphatic heterocycles. The van der Waals surface area contributed by atoms with E-state index in [2.05, 4.69) is 28.1 Å². The van der Waals surface area contributed by atoms with E-state index in [1.54, 1.807) is 32.1 Å². The van der Waals surface area contributed by atoms with Crippen LogP contribution in [-0.4, -0.2) is 28.1 Å². The first-order valence-electron chi connectivity index (χ1n) is 6.79. The Bertz CT molecular complexity index is 236. The highest BCUT2D eigenvalue weighted by atomic mass is 14.9. The van der Waals surface area contributed by atoms with Crippen LogP contribution < -0.4 is 5.32 Å². The molecule has 4 fully saturated rings. The largest absolute Gasteiger partial charge is 0.329 e. The topological polar surface area (TPSA) is 12.0 Å². The fraction of sp³-hybridized carbons (Fsp3) is 1.00. The summed E-state index contributed by atoms with van der Waals surface area (Å²) in [5.74, 6) is 5.26. The molecule has 0 aromatic carbocycles. The maximum atomic E-state index is 3.57. The second kappa shape index (κ2) is 3.29. The van der Waals surface area contributed by atoms with Gasteiger partial charge in [0.1, 0.15) is 15.7 Å². The van der Waals surface area contributed by atoms with Crippen molar-refractivity contribution >= 4 is 15.7 Å². The lowest BCUT2D eigenvalue weighted by atomic mass is 9.41. The summed E-state index contributed by atoms with van der Waals surface area (Å²) in [4.78, 5) is 0. The minimum Gasteiger partial charge on any atom is -0.329 e. The molecular weight excluding hydrogens is 180 g/mol. The lowest BCUT2D eigenvalue weighted by Crippen LogP contribution is -2.61. The summed E-state index contributed by atoms with van der Waals surface area (Å²) in [5.41, 5.74) is 0. The first-order chi connectivity index (χ1) is 7.10. The summed E-state index contributed by atoms with van der Waals surface area (Å²) >= 11 is 0. The minimum atomic E-state index is 0.364. The van der Waals surface area contributed by atoms with Crippen LogP contribution in [0.1, 0.15) is 32.1 Å². The molecule has 0 saturated heterocycles. The van der Waals surface area contributed by atoms with Gasteiger partial charge in [0, 0.05) is 0 Å². The van der Waals surface area contributed by atoms with E-state index < -0.39 is 0 Å². The summed E-state index contributed by atoms with van der Waals surface area (Å²) < 4.78 is 0. The van der Waals surface area contributed by atoms with Crippen molar-refractivity contribution in [3.63, 3.8) is 0 Å². The molecule has 4 aliphatic carbocycles. The van der Waals surface area contributed by atoms with E-state index in [0.29, 0.717) is 5.34 Å². The Morgan fingerprint density at radius 1 is 0.933 bits per heavy atom. The van der Waals surface area contributed by atoms with Crippen molar-refractivity contribution < 1.29 is 0 Å². The van der Waals surface area contributed by atoms with Gasteiger partial charge < -0.3 is 5.32 Å². The molecule has 0 amide bonds. The Kier molecular flexibility index (Phi) is 2.25. The van der Waals surface area contributed by atoms with Gasteiger partial charge in [0.15, 0.2) is 0 Å². The van der Waals surface area contributed by atoms with Crippen LogP contribution in [0.5, 0.6) is 0 Å². The van der Waals surface area contributed by atoms with E-state index in [1.165, 1.54) is 0 Å². The van der Waals surface area contributed by atoms with Gasteiger partial charge in [-0.15, -0.1) is 0 Å². The van der Waals surface area contributed by atoms with Crippen molar-refractivity contribution in [2.75, 3.05) is 7.05 Å². The van der Waals surface area contributed by atoms with Crippen molar-refractivity contribution in [3.8, 4) is 0 Å². The summed E-state index contributed by atoms with van der Waals surface area (Å²) in [6.45, 7) is 0. The molecule has 4 saturated carbocycles. The van der Waals surface area contributed by atoms with Crippen LogP contribution >= 0.6 is 0 Å². The van der Waals surface area contributed by atoms with Crippen molar-refractivity contribution in [2.45, 2.75) is 37.4 Å². The van der Waals surface area contributed by atoms with Crippen LogP contribution in [0.4, 0.5) is 0 Å². The third kappa shape index (κ3) is 1.50. The highest BCUT2D eigenvalue weighted by molar-refractivity contribution is 6.40. The zero-order valence-electron chi connectivity index (χ0n) is 10.4. The van der Waals surface area contributed by atoms with Crippen LogP contribution in [0.15, 0.2) is 0 Å². The first kappa shape index (κ1) is 10.3. The van der Waals surface area contributed by atoms with Crippen molar-refractivity contribution in [1.82, 2.24) is 5.32 Å². The van der Waals surface area contributed by atoms with Crippen LogP contribution in [0.25, 0.3) is 0 Å². The van der Waals surface area contributed by atoms with Gasteiger partial charge in [0.2, 0.25) is 0 Å². The van der Waals surface area contributed by atoms with Gasteiger partial charge in [-0.1, -0.05) is 0 Å². The van der Waals surface area contributed by atoms with Gasteiger partial charge in [-0.2, -0.15) is 0 Å². The molecule has 0 atom stereocenters. The highest BCUT2D eigenvalue weighted by Gasteiger charge is 2.51. The van der Waals surface area contributed by atoms with E-state index in [-0.39, 0.29) is 0 Å². The first-order valence-corrected chi connectivity index (χ1v) is 6.79. The minimum absolute atomic E-state index is 0.364. The van der Waals surface area contributed by atoms with E-state index >= 15 is 0 Å². The zero-order chi connectivity index (χ0) is 10.6. The summed E-state index contributed by atoms with van der Waals surface area (Å²) in [7, 11) is 6.98. The molecule has 4 rings (SSSR count). The van der Waals surface area contributed by atoms with E-state index in [9.17, 15) is 0 Å². The average Bonchev–Trinajstić information content (AvgIpc) is 2.15. The van der Waals surface area contributed by atoms with Gasteiger partial charge in [0.25, 0.3) is 0 Å². The lowest BCUT2D eigenvalue weighted by molar-refractivity contribution is -0.0463. The summed E-state index contributed by atoms with van der Waals surface area (Å²) in [6, 6.07) is 0. The smallest absolute Gasteiger partial charge is 0.117 e. The average molecular weight is 203 g/mol. The highest BCUT2D eigenvalue weighted by Crippen LogP contribution is 2.58. The number of nitrogens with one attached hydrogen (secondary N) is 1. The number of rotatable bonds is 2. The zero-order valence-corrected chi connectivity index (χ0v) is 10.4. The van der Waals surface area contributed by atoms with Crippen LogP contribution in [0.3, 0.4) is 0 Å². The van der Waals surface area contributed by atoms with Gasteiger partial charge in [-0.25, -0.2) is 0 Å². The Balaban J connectivity index is 1.86. The molecule has 1 N–H and O–H groups in total. The molecule has 4 aliphatic rings. The van der Waals surface area contributed by atoms with Gasteiger partial charge in [-0.05, 0) is 74.1 Å². The Labute approximate surface area is 95.6 Å².